The number of nitrogens with one attached hydrogen (secondary N) is 2. The van der Waals surface area contributed by atoms with E-state index in [0.717, 1.165) is 0 Å². The number of aromatic amines is 1. The number of rotatable bonds is 4. The number of nitriles is 1. The largest absolute Gasteiger partial charge is 0.457 e. The van der Waals surface area contributed by atoms with Crippen molar-refractivity contribution in [2.24, 2.45) is 5.92 Å². The number of hydrogen-bond acceptors (Lipinski definition) is 8. The number of ether oxygens (including phenoxy) is 3. The molecule has 10 heteroatoms. The van der Waals surface area contributed by atoms with Crippen molar-refractivity contribution < 1.29 is 19.0 Å². The first-order valence-corrected chi connectivity index (χ1v) is 12.3. The fourth-order valence-corrected chi connectivity index (χ4v) is 5.25. The molecule has 2 fully saturated rings. The lowest BCUT2D eigenvalue weighted by atomic mass is 9.79. The van der Waals surface area contributed by atoms with E-state index in [-0.39, 0.29) is 11.4 Å². The molecule has 2 saturated heterocycles. The highest BCUT2D eigenvalue weighted by Crippen LogP contribution is 2.40. The van der Waals surface area contributed by atoms with Gasteiger partial charge in [-0.1, -0.05) is 30.3 Å². The first-order valence-electron chi connectivity index (χ1n) is 12.3. The Morgan fingerprint density at radius 1 is 1.03 bits per heavy atom. The maximum absolute atomic E-state index is 13.4. The highest BCUT2D eigenvalue weighted by molar-refractivity contribution is 5.98. The number of para-hydroxylation sites is 1. The molecule has 2 atom stereocenters. The average molecular weight is 500 g/mol. The number of carbonyl (C=O) groups excluding carboxylic acids is 1. The van der Waals surface area contributed by atoms with Crippen LogP contribution in [-0.2, 0) is 14.3 Å². The number of piperidine rings is 1. The van der Waals surface area contributed by atoms with Gasteiger partial charge in [0.05, 0.1) is 24.8 Å². The second-order valence-electron chi connectivity index (χ2n) is 9.31. The zero-order valence-electron chi connectivity index (χ0n) is 20.0. The van der Waals surface area contributed by atoms with E-state index in [1.807, 2.05) is 35.2 Å². The zero-order chi connectivity index (χ0) is 25.4. The molecule has 4 heterocycles. The molecule has 0 aliphatic carbocycles. The van der Waals surface area contributed by atoms with Gasteiger partial charge in [0.25, 0.3) is 5.56 Å². The molecule has 3 aliphatic rings. The Hall–Kier alpha value is -4.20. The molecule has 0 bridgehead atoms. The lowest BCUT2D eigenvalue weighted by Crippen LogP contribution is -2.46. The van der Waals surface area contributed by atoms with E-state index in [1.165, 1.54) is 0 Å². The van der Waals surface area contributed by atoms with Gasteiger partial charge in [0, 0.05) is 31.8 Å². The van der Waals surface area contributed by atoms with Crippen molar-refractivity contribution >= 4 is 17.7 Å². The number of hydrogen-bond donors (Lipinski definition) is 2. The highest BCUT2D eigenvalue weighted by Gasteiger charge is 2.42. The fourth-order valence-electron chi connectivity index (χ4n) is 5.25. The molecule has 0 radical (unpaired) electrons. The van der Waals surface area contributed by atoms with Crippen LogP contribution in [0, 0.1) is 17.2 Å². The van der Waals surface area contributed by atoms with Gasteiger partial charge in [0.2, 0.25) is 11.9 Å². The minimum atomic E-state index is -1.10. The lowest BCUT2D eigenvalue weighted by molar-refractivity contribution is -0.169. The molecule has 2 aromatic carbocycles. The Balaban J connectivity index is 1.33. The Labute approximate surface area is 212 Å². The minimum Gasteiger partial charge on any atom is -0.457 e. The molecule has 0 saturated carbocycles. The van der Waals surface area contributed by atoms with Crippen molar-refractivity contribution in [3.05, 3.63) is 76.1 Å². The molecule has 1 spiro atoms. The fraction of sp³-hybridized carbons (Fsp3) is 0.333. The molecule has 2 N–H and O–H groups in total. The van der Waals surface area contributed by atoms with Crippen LogP contribution in [0.2, 0.25) is 0 Å². The van der Waals surface area contributed by atoms with Crippen LogP contribution in [0.4, 0.5) is 11.8 Å². The summed E-state index contributed by atoms with van der Waals surface area (Å²) in [6.45, 7) is 2.33. The SMILES string of the molecule is N#CC1C(=O)Nc2nc(N3CCC4(CC3)OCCO4)[nH]c(=O)c2C1c1cccc(Oc2ccccc2)c1. The van der Waals surface area contributed by atoms with E-state index in [9.17, 15) is 14.9 Å². The third-order valence-corrected chi connectivity index (χ3v) is 7.08. The van der Waals surface area contributed by atoms with Crippen molar-refractivity contribution in [2.75, 3.05) is 36.5 Å². The molecule has 1 amide bonds. The van der Waals surface area contributed by atoms with Crippen molar-refractivity contribution in [3.63, 3.8) is 0 Å². The van der Waals surface area contributed by atoms with Gasteiger partial charge in [0.15, 0.2) is 5.79 Å². The zero-order valence-corrected chi connectivity index (χ0v) is 20.0. The van der Waals surface area contributed by atoms with Crippen LogP contribution >= 0.6 is 0 Å². The predicted molar refractivity (Wildman–Crippen MR) is 133 cm³/mol. The first kappa shape index (κ1) is 23.2. The third kappa shape index (κ3) is 4.33. The molecular weight excluding hydrogens is 474 g/mol. The van der Waals surface area contributed by atoms with Gasteiger partial charge in [-0.25, -0.2) is 0 Å². The normalized spacial score (nSPS) is 22.2. The number of nitrogens with zero attached hydrogens (tertiary/aromatic N) is 3. The second kappa shape index (κ2) is 9.35. The van der Waals surface area contributed by atoms with E-state index in [2.05, 4.69) is 21.4 Å². The van der Waals surface area contributed by atoms with Crippen molar-refractivity contribution in [1.29, 1.82) is 5.26 Å². The van der Waals surface area contributed by atoms with E-state index in [0.29, 0.717) is 62.2 Å². The minimum absolute atomic E-state index is 0.170. The summed E-state index contributed by atoms with van der Waals surface area (Å²) >= 11 is 0. The van der Waals surface area contributed by atoms with E-state index < -0.39 is 29.1 Å². The van der Waals surface area contributed by atoms with Crippen LogP contribution in [-0.4, -0.2) is 48.0 Å². The lowest BCUT2D eigenvalue weighted by Gasteiger charge is -2.38. The number of amides is 1. The number of benzene rings is 2. The second-order valence-corrected chi connectivity index (χ2v) is 9.31. The van der Waals surface area contributed by atoms with Crippen LogP contribution in [0.3, 0.4) is 0 Å². The molecule has 6 rings (SSSR count). The van der Waals surface area contributed by atoms with Crippen molar-refractivity contribution in [2.45, 2.75) is 24.5 Å². The van der Waals surface area contributed by atoms with Crippen molar-refractivity contribution in [3.8, 4) is 17.6 Å². The summed E-state index contributed by atoms with van der Waals surface area (Å²) in [5.74, 6) is -1.23. The van der Waals surface area contributed by atoms with Crippen LogP contribution in [0.15, 0.2) is 59.4 Å². The molecule has 1 aromatic heterocycles. The van der Waals surface area contributed by atoms with Crippen LogP contribution in [0.25, 0.3) is 0 Å². The van der Waals surface area contributed by atoms with Gasteiger partial charge in [-0.2, -0.15) is 10.2 Å². The number of anilines is 2. The molecule has 188 valence electrons. The number of fused-ring (bicyclic) bond motifs is 1. The number of carbonyl (C=O) groups is 1. The summed E-state index contributed by atoms with van der Waals surface area (Å²) in [7, 11) is 0. The van der Waals surface area contributed by atoms with Crippen LogP contribution in [0.1, 0.15) is 29.9 Å². The van der Waals surface area contributed by atoms with Gasteiger partial charge in [-0.15, -0.1) is 0 Å². The molecular formula is C27H25N5O5. The quantitative estimate of drug-likeness (QED) is 0.560. The van der Waals surface area contributed by atoms with Gasteiger partial charge in [0.1, 0.15) is 23.2 Å². The summed E-state index contributed by atoms with van der Waals surface area (Å²) in [4.78, 5) is 35.8. The molecule has 10 nitrogen and oxygen atoms in total. The third-order valence-electron chi connectivity index (χ3n) is 7.08. The average Bonchev–Trinajstić information content (AvgIpc) is 3.36. The summed E-state index contributed by atoms with van der Waals surface area (Å²) in [6.07, 6.45) is 1.29. The van der Waals surface area contributed by atoms with Gasteiger partial charge >= 0.3 is 0 Å². The first-order chi connectivity index (χ1) is 18.0. The smallest absolute Gasteiger partial charge is 0.258 e. The summed E-state index contributed by atoms with van der Waals surface area (Å²) < 4.78 is 17.5. The number of aromatic nitrogens is 2. The Morgan fingerprint density at radius 2 is 1.76 bits per heavy atom. The van der Waals surface area contributed by atoms with E-state index in [4.69, 9.17) is 14.2 Å². The summed E-state index contributed by atoms with van der Waals surface area (Å²) in [6, 6.07) is 18.5. The Morgan fingerprint density at radius 3 is 2.49 bits per heavy atom. The number of H-pyrrole nitrogens is 1. The molecule has 2 unspecified atom stereocenters. The van der Waals surface area contributed by atoms with Crippen LogP contribution < -0.4 is 20.5 Å². The summed E-state index contributed by atoms with van der Waals surface area (Å²) in [5.41, 5.74) is 0.475. The van der Waals surface area contributed by atoms with Crippen molar-refractivity contribution in [1.82, 2.24) is 9.97 Å². The van der Waals surface area contributed by atoms with E-state index >= 15 is 0 Å². The van der Waals surface area contributed by atoms with Crippen LogP contribution in [0.5, 0.6) is 11.5 Å². The molecule has 3 aromatic rings. The monoisotopic (exact) mass is 499 g/mol. The van der Waals surface area contributed by atoms with E-state index in [1.54, 1.807) is 24.3 Å². The Kier molecular flexibility index (Phi) is 5.87. The maximum atomic E-state index is 13.4. The Bertz CT molecular complexity index is 1420. The topological polar surface area (TPSA) is 130 Å². The van der Waals surface area contributed by atoms with Gasteiger partial charge in [-0.05, 0) is 29.8 Å². The molecule has 37 heavy (non-hydrogen) atoms. The maximum Gasteiger partial charge on any atom is 0.258 e. The van der Waals surface area contributed by atoms with Gasteiger partial charge in [-0.3, -0.25) is 14.6 Å². The van der Waals surface area contributed by atoms with Gasteiger partial charge < -0.3 is 24.4 Å². The standard InChI is InChI=1S/C27H25N5O5/c28-16-20-21(17-5-4-8-19(15-17)37-18-6-2-1-3-7-18)22-23(29-24(20)33)30-26(31-25(22)34)32-11-9-27(10-12-32)35-13-14-36-27/h1-8,15,20-21H,9-14H2,(H2,29,30,31,33,34). The predicted octanol–water partition coefficient (Wildman–Crippen LogP) is 3.13. The summed E-state index contributed by atoms with van der Waals surface area (Å²) in [5, 5.41) is 12.6. The molecule has 3 aliphatic heterocycles. The highest BCUT2D eigenvalue weighted by atomic mass is 16.7.